The van der Waals surface area contributed by atoms with Gasteiger partial charge in [0, 0.05) is 41.8 Å². The molecule has 1 aliphatic heterocycles. The van der Waals surface area contributed by atoms with Gasteiger partial charge in [0.25, 0.3) is 0 Å². The molecule has 2 saturated carbocycles. The molecule has 2 aromatic carbocycles. The van der Waals surface area contributed by atoms with Crippen molar-refractivity contribution < 1.29 is 27.5 Å². The minimum atomic E-state index is -3.68. The number of esters is 1. The third-order valence-corrected chi connectivity index (χ3v) is 14.1. The van der Waals surface area contributed by atoms with Crippen LogP contribution in [0.25, 0.3) is 0 Å². The number of fused-ring (bicyclic) bond motifs is 3. The number of ether oxygens (including phenoxy) is 2. The molecule has 264 valence electrons. The molecule has 1 spiro atoms. The van der Waals surface area contributed by atoms with Crippen molar-refractivity contribution in [2.24, 2.45) is 23.7 Å². The van der Waals surface area contributed by atoms with Crippen LogP contribution in [0.2, 0.25) is 5.02 Å². The van der Waals surface area contributed by atoms with Gasteiger partial charge < -0.3 is 14.4 Å². The van der Waals surface area contributed by atoms with E-state index in [0.717, 1.165) is 61.4 Å². The first-order chi connectivity index (χ1) is 24.1. The first kappa shape index (κ1) is 34.7. The second-order valence-electron chi connectivity index (χ2n) is 14.6. The van der Waals surface area contributed by atoms with E-state index < -0.39 is 21.1 Å². The molecule has 3 aromatic rings. The van der Waals surface area contributed by atoms with Gasteiger partial charge >= 0.3 is 5.97 Å². The van der Waals surface area contributed by atoms with Crippen LogP contribution in [0.5, 0.6) is 5.75 Å². The molecular weight excluding hydrogens is 674 g/mol. The number of carbonyl (C=O) groups excluding carboxylic acids is 2. The number of hydrogen-bond donors (Lipinski definition) is 0. The molecule has 50 heavy (non-hydrogen) atoms. The minimum absolute atomic E-state index is 0.0270. The lowest BCUT2D eigenvalue weighted by atomic mass is 9.68. The van der Waals surface area contributed by atoms with Crippen molar-refractivity contribution in [3.8, 4) is 5.75 Å². The van der Waals surface area contributed by atoms with Crippen LogP contribution in [0.1, 0.15) is 73.4 Å². The number of aromatic nitrogens is 2. The van der Waals surface area contributed by atoms with Crippen LogP contribution >= 0.6 is 11.6 Å². The number of rotatable bonds is 8. The van der Waals surface area contributed by atoms with Gasteiger partial charge in [-0.25, -0.2) is 23.2 Å². The molecule has 2 fully saturated rings. The summed E-state index contributed by atoms with van der Waals surface area (Å²) in [4.78, 5) is 36.8. The van der Waals surface area contributed by atoms with E-state index in [4.69, 9.17) is 21.1 Å². The van der Waals surface area contributed by atoms with E-state index in [2.05, 4.69) is 27.0 Å². The first-order valence-electron chi connectivity index (χ1n) is 17.7. The fourth-order valence-electron chi connectivity index (χ4n) is 8.78. The predicted molar refractivity (Wildman–Crippen MR) is 191 cm³/mol. The molecule has 9 nitrogen and oxygen atoms in total. The molecular formula is C39H44ClN3O6S. The van der Waals surface area contributed by atoms with E-state index in [9.17, 15) is 18.0 Å². The number of hydrogen-bond acceptors (Lipinski definition) is 9. The van der Waals surface area contributed by atoms with Crippen LogP contribution in [-0.2, 0) is 31.2 Å². The maximum Gasteiger partial charge on any atom is 0.337 e. The minimum Gasteiger partial charge on any atom is -0.490 e. The van der Waals surface area contributed by atoms with Crippen molar-refractivity contribution in [1.29, 1.82) is 0 Å². The van der Waals surface area contributed by atoms with Crippen LogP contribution in [0, 0.1) is 23.7 Å². The molecule has 6 atom stereocenters. The Kier molecular flexibility index (Phi) is 9.78. The highest BCUT2D eigenvalue weighted by atomic mass is 35.5. The molecule has 2 heterocycles. The van der Waals surface area contributed by atoms with Gasteiger partial charge in [0.1, 0.15) is 5.75 Å². The van der Waals surface area contributed by atoms with Crippen LogP contribution in [0.15, 0.2) is 72.2 Å². The van der Waals surface area contributed by atoms with Crippen molar-refractivity contribution in [2.45, 2.75) is 74.1 Å². The molecule has 3 aliphatic carbocycles. The van der Waals surface area contributed by atoms with Gasteiger partial charge in [-0.1, -0.05) is 37.1 Å². The fourth-order valence-corrected chi connectivity index (χ4v) is 10.9. The average Bonchev–Trinajstić information content (AvgIpc) is 3.26. The maximum absolute atomic E-state index is 13.8. The highest BCUT2D eigenvalue weighted by Gasteiger charge is 2.45. The summed E-state index contributed by atoms with van der Waals surface area (Å²) in [5.74, 6) is 0.196. The summed E-state index contributed by atoms with van der Waals surface area (Å²) >= 11 is 6.42. The molecule has 0 N–H and O–H groups in total. The number of anilines is 1. The molecule has 0 unspecified atom stereocenters. The molecule has 0 saturated heterocycles. The van der Waals surface area contributed by atoms with Crippen LogP contribution in [-0.4, -0.2) is 62.2 Å². The summed E-state index contributed by atoms with van der Waals surface area (Å²) in [6.45, 7) is 3.80. The Bertz CT molecular complexity index is 1900. The Hall–Kier alpha value is -3.76. The van der Waals surface area contributed by atoms with Gasteiger partial charge in [-0.2, -0.15) is 0 Å². The second kappa shape index (κ2) is 14.1. The van der Waals surface area contributed by atoms with Gasteiger partial charge in [-0.15, -0.1) is 0 Å². The Labute approximate surface area is 299 Å². The molecule has 0 radical (unpaired) electrons. The van der Waals surface area contributed by atoms with E-state index >= 15 is 0 Å². The number of benzene rings is 2. The number of allylic oxidation sites excluding steroid dienone is 2. The van der Waals surface area contributed by atoms with Crippen molar-refractivity contribution in [3.63, 3.8) is 0 Å². The third kappa shape index (κ3) is 6.57. The first-order valence-corrected chi connectivity index (χ1v) is 19.6. The van der Waals surface area contributed by atoms with E-state index in [0.29, 0.717) is 31.7 Å². The van der Waals surface area contributed by atoms with Crippen LogP contribution in [0.3, 0.4) is 0 Å². The summed E-state index contributed by atoms with van der Waals surface area (Å²) in [5.41, 5.74) is 3.52. The Morgan fingerprint density at radius 3 is 2.66 bits per heavy atom. The highest BCUT2D eigenvalue weighted by molar-refractivity contribution is 7.91. The summed E-state index contributed by atoms with van der Waals surface area (Å²) in [7, 11) is -2.30. The quantitative estimate of drug-likeness (QED) is 0.141. The third-order valence-electron chi connectivity index (χ3n) is 11.7. The van der Waals surface area contributed by atoms with Gasteiger partial charge in [0.15, 0.2) is 5.78 Å². The fraction of sp³-hybridized carbons (Fsp3) is 0.487. The number of halogens is 1. The zero-order valence-electron chi connectivity index (χ0n) is 28.6. The van der Waals surface area contributed by atoms with Gasteiger partial charge in [-0.3, -0.25) is 4.79 Å². The van der Waals surface area contributed by atoms with E-state index in [1.165, 1.54) is 30.6 Å². The number of aryl methyl sites for hydroxylation is 1. The summed E-state index contributed by atoms with van der Waals surface area (Å²) in [6.07, 6.45) is 13.4. The Morgan fingerprint density at radius 1 is 1.08 bits per heavy atom. The van der Waals surface area contributed by atoms with E-state index in [-0.39, 0.29) is 40.0 Å². The lowest BCUT2D eigenvalue weighted by molar-refractivity contribution is -0.122. The van der Waals surface area contributed by atoms with Crippen LogP contribution in [0.4, 0.5) is 5.69 Å². The normalized spacial score (nSPS) is 27.8. The molecule has 0 bridgehead atoms. The lowest BCUT2D eigenvalue weighted by Crippen LogP contribution is -2.49. The van der Waals surface area contributed by atoms with Gasteiger partial charge in [-0.05, 0) is 116 Å². The van der Waals surface area contributed by atoms with Crippen molar-refractivity contribution in [3.05, 3.63) is 88.7 Å². The summed E-state index contributed by atoms with van der Waals surface area (Å²) in [5, 5.41) is 0.0109. The lowest BCUT2D eigenvalue weighted by Gasteiger charge is -2.44. The van der Waals surface area contributed by atoms with Gasteiger partial charge in [0.05, 0.1) is 30.2 Å². The largest absolute Gasteiger partial charge is 0.490 e. The smallest absolute Gasteiger partial charge is 0.337 e. The SMILES string of the molecule is COC(=O)c1ccc2c(c1)N(C[C@@H]1CC[C@H]1C(=O)/C=C/[C@H]1CCC[C@H](S(=O)(=O)c3ncccn3)[C@@H]1C)C[C@]1(CCCc3cc(Cl)ccc31)CO2. The van der Waals surface area contributed by atoms with Gasteiger partial charge in [0.2, 0.25) is 15.0 Å². The monoisotopic (exact) mass is 717 g/mol. The number of nitrogens with zero attached hydrogens (tertiary/aromatic N) is 3. The number of ketones is 1. The molecule has 1 aromatic heterocycles. The maximum atomic E-state index is 13.8. The summed E-state index contributed by atoms with van der Waals surface area (Å²) in [6, 6.07) is 13.2. The average molecular weight is 718 g/mol. The van der Waals surface area contributed by atoms with E-state index in [1.807, 2.05) is 31.2 Å². The van der Waals surface area contributed by atoms with E-state index in [1.54, 1.807) is 18.2 Å². The molecule has 11 heteroatoms. The second-order valence-corrected chi connectivity index (χ2v) is 17.0. The van der Waals surface area contributed by atoms with Crippen LogP contribution < -0.4 is 9.64 Å². The standard InChI is InChI=1S/C39H44ClN3O6S/c1-25-26(6-3-8-36(25)50(46,47)38-41-18-5-19-42-38)10-15-34(44)31-13-9-29(31)22-43-23-39(17-4-7-27-20-30(40)12-14-32(27)39)24-49-35-16-11-28(21-33(35)43)37(45)48-2/h5,10-12,14-16,18-21,25-26,29,31,36H,3-4,6-9,13,17,22-24H2,1-2H3/b15-10+/t25-,26-,29+,31-,36+,39-/m1/s1. The number of sulfone groups is 1. The summed E-state index contributed by atoms with van der Waals surface area (Å²) < 4.78 is 38.4. The zero-order valence-corrected chi connectivity index (χ0v) is 30.2. The van der Waals surface area contributed by atoms with Crippen molar-refractivity contribution in [2.75, 3.05) is 31.7 Å². The van der Waals surface area contributed by atoms with Crippen molar-refractivity contribution in [1.82, 2.24) is 9.97 Å². The van der Waals surface area contributed by atoms with Crippen molar-refractivity contribution >= 4 is 38.9 Å². The molecule has 7 rings (SSSR count). The zero-order chi connectivity index (χ0) is 35.0. The Morgan fingerprint density at radius 2 is 1.90 bits per heavy atom. The highest BCUT2D eigenvalue weighted by Crippen LogP contribution is 2.46. The predicted octanol–water partition coefficient (Wildman–Crippen LogP) is 6.82. The number of carbonyl (C=O) groups is 2. The topological polar surface area (TPSA) is 116 Å². The Balaban J connectivity index is 1.11. The molecule has 4 aliphatic rings. The molecule has 0 amide bonds. The number of methoxy groups -OCH3 is 1.